The van der Waals surface area contributed by atoms with Crippen molar-refractivity contribution in [2.75, 3.05) is 0 Å². The number of rotatable bonds is 5. The van der Waals surface area contributed by atoms with E-state index in [4.69, 9.17) is 39.7 Å². The smallest absolute Gasteiger partial charge is 0.550 e. The number of aryl methyl sites for hydroxylation is 2. The third-order valence-electron chi connectivity index (χ3n) is 5.25. The normalized spacial score (nSPS) is 9.33. The molecule has 10 nitrogen and oxygen atoms in total. The molecule has 226 valence electrons. The van der Waals surface area contributed by atoms with Crippen LogP contribution in [-0.2, 0) is 44.3 Å². The Balaban J connectivity index is 0.00000116. The fourth-order valence-electron chi connectivity index (χ4n) is 3.48. The van der Waals surface area contributed by atoms with E-state index in [2.05, 4.69) is 13.8 Å². The maximum absolute atomic E-state index is 10.4. The molecule has 0 bridgehead atoms. The number of phenols is 2. The van der Waals surface area contributed by atoms with Gasteiger partial charge in [0.25, 0.3) is 0 Å². The van der Waals surface area contributed by atoms with Crippen LogP contribution in [0, 0.1) is 0 Å². The molecule has 0 aliphatic rings. The summed E-state index contributed by atoms with van der Waals surface area (Å²) in [6, 6.07) is 22.7. The predicted octanol–water partition coefficient (Wildman–Crippen LogP) is 2.28. The molecule has 0 spiro atoms. The summed E-state index contributed by atoms with van der Waals surface area (Å²) >= 11 is 0. The van der Waals surface area contributed by atoms with Crippen LogP contribution in [0.1, 0.15) is 45.7 Å². The third-order valence-corrected chi connectivity index (χ3v) is 5.25. The van der Waals surface area contributed by atoms with Gasteiger partial charge in [0.1, 0.15) is 11.5 Å². The number of carbonyl (C=O) groups is 3. The van der Waals surface area contributed by atoms with Crippen molar-refractivity contribution >= 4 is 17.9 Å². The largest absolute Gasteiger partial charge is 3.00 e. The molecule has 0 saturated carbocycles. The van der Waals surface area contributed by atoms with Crippen molar-refractivity contribution in [2.45, 2.75) is 47.5 Å². The fraction of sp³-hybridized carbons (Fsp3) is 0.219. The molecule has 4 rings (SSSR count). The van der Waals surface area contributed by atoms with Crippen molar-refractivity contribution < 1.29 is 57.0 Å². The van der Waals surface area contributed by atoms with Gasteiger partial charge < -0.3 is 39.9 Å². The van der Waals surface area contributed by atoms with Crippen LogP contribution in [0.25, 0.3) is 33.9 Å². The molecule has 0 amide bonds. The number of hydrogen-bond acceptors (Lipinski definition) is 10. The molecule has 0 aliphatic carbocycles. The average Bonchev–Trinajstić information content (AvgIpc) is 2.92. The Kier molecular flexibility index (Phi) is 17.3. The van der Waals surface area contributed by atoms with Crippen LogP contribution in [-0.4, -0.2) is 38.1 Å². The number of nitrogens with zero attached hydrogens (tertiary/aromatic N) is 2. The van der Waals surface area contributed by atoms with E-state index in [9.17, 15) is 10.2 Å². The van der Waals surface area contributed by atoms with Gasteiger partial charge in [0.05, 0.1) is 22.8 Å². The Labute approximate surface area is 261 Å². The molecule has 4 aromatic rings. The van der Waals surface area contributed by atoms with Crippen molar-refractivity contribution in [1.29, 1.82) is 0 Å². The van der Waals surface area contributed by atoms with E-state index in [1.165, 1.54) is 0 Å². The van der Waals surface area contributed by atoms with Gasteiger partial charge in [-0.2, -0.15) is 0 Å². The molecule has 43 heavy (non-hydrogen) atoms. The van der Waals surface area contributed by atoms with E-state index >= 15 is 0 Å². The minimum Gasteiger partial charge on any atom is -0.550 e. The number of aliphatic carboxylic acids is 3. The Bertz CT molecular complexity index is 1370. The summed E-state index contributed by atoms with van der Waals surface area (Å²) in [5.41, 5.74) is 6.34. The van der Waals surface area contributed by atoms with Gasteiger partial charge in [-0.25, -0.2) is 9.97 Å². The molecule has 2 aromatic heterocycles. The number of benzene rings is 2. The summed E-state index contributed by atoms with van der Waals surface area (Å²) in [6.07, 6.45) is 1.73. The molecule has 0 aliphatic heterocycles. The molecule has 0 saturated heterocycles. The Hall–Kier alpha value is -4.73. The Morgan fingerprint density at radius 2 is 0.860 bits per heavy atom. The molecule has 11 heteroatoms. The van der Waals surface area contributed by atoms with E-state index < -0.39 is 17.9 Å². The molecular formula is C32H33MnN2O8. The first kappa shape index (κ1) is 38.3. The maximum atomic E-state index is 10.4. The zero-order valence-electron chi connectivity index (χ0n) is 24.5. The molecule has 0 radical (unpaired) electrons. The summed E-state index contributed by atoms with van der Waals surface area (Å²) in [6.45, 7) is 7.03. The van der Waals surface area contributed by atoms with Gasteiger partial charge in [0.15, 0.2) is 0 Å². The van der Waals surface area contributed by atoms with E-state index in [1.54, 1.807) is 12.1 Å². The predicted molar refractivity (Wildman–Crippen MR) is 152 cm³/mol. The van der Waals surface area contributed by atoms with Gasteiger partial charge in [-0.3, -0.25) is 0 Å². The summed E-state index contributed by atoms with van der Waals surface area (Å²) < 4.78 is 0. The first-order chi connectivity index (χ1) is 19.8. The van der Waals surface area contributed by atoms with Crippen molar-refractivity contribution in [3.8, 4) is 45.4 Å². The van der Waals surface area contributed by atoms with Crippen LogP contribution in [0.15, 0.2) is 72.8 Å². The zero-order chi connectivity index (χ0) is 31.8. The zero-order valence-corrected chi connectivity index (χ0v) is 25.6. The number of carboxylic acids is 3. The topological polar surface area (TPSA) is 187 Å². The number of carboxylic acid groups (broad SMARTS) is 3. The molecule has 0 atom stereocenters. The SMILES string of the molecule is CC(=O)[O-].CC(=O)[O-].CC(=O)[O-].CCc1ccc(-c2cccc(-c3cccc(-c4ccc(CC)cc4O)n3)n2)c(O)c1.[Mn+3]. The van der Waals surface area contributed by atoms with E-state index in [0.29, 0.717) is 33.9 Å². The van der Waals surface area contributed by atoms with Gasteiger partial charge in [0.2, 0.25) is 0 Å². The van der Waals surface area contributed by atoms with Gasteiger partial charge >= 0.3 is 17.1 Å². The van der Waals surface area contributed by atoms with E-state index in [-0.39, 0.29) is 28.6 Å². The first-order valence-corrected chi connectivity index (χ1v) is 12.9. The molecule has 2 heterocycles. The second-order valence-electron chi connectivity index (χ2n) is 8.70. The molecular weight excluding hydrogens is 595 g/mol. The molecule has 2 aromatic carbocycles. The van der Waals surface area contributed by atoms with Crippen molar-refractivity contribution in [3.05, 3.63) is 83.9 Å². The summed E-state index contributed by atoms with van der Waals surface area (Å²) in [5.74, 6) is -2.80. The molecule has 2 N–H and O–H groups in total. The molecule has 0 fully saturated rings. The van der Waals surface area contributed by atoms with Crippen LogP contribution in [0.5, 0.6) is 11.5 Å². The van der Waals surface area contributed by atoms with Gasteiger partial charge in [-0.05, 0) is 93.3 Å². The van der Waals surface area contributed by atoms with Gasteiger partial charge in [-0.1, -0.05) is 38.1 Å². The summed E-state index contributed by atoms with van der Waals surface area (Å²) in [4.78, 5) is 36.1. The van der Waals surface area contributed by atoms with Crippen LogP contribution < -0.4 is 15.3 Å². The monoisotopic (exact) mass is 628 g/mol. The third kappa shape index (κ3) is 14.1. The van der Waals surface area contributed by atoms with Crippen molar-refractivity contribution in [3.63, 3.8) is 0 Å². The van der Waals surface area contributed by atoms with E-state index in [0.717, 1.165) is 44.7 Å². The Morgan fingerprint density at radius 3 is 1.12 bits per heavy atom. The van der Waals surface area contributed by atoms with Crippen LogP contribution >= 0.6 is 0 Å². The number of aromatic hydroxyl groups is 2. The maximum Gasteiger partial charge on any atom is 3.00 e. The quantitative estimate of drug-likeness (QED) is 0.311. The molecule has 0 unspecified atom stereocenters. The van der Waals surface area contributed by atoms with Gasteiger partial charge in [0, 0.05) is 29.0 Å². The second kappa shape index (κ2) is 19.4. The number of aromatic nitrogens is 2. The van der Waals surface area contributed by atoms with Gasteiger partial charge in [-0.15, -0.1) is 0 Å². The minimum atomic E-state index is -1.08. The summed E-state index contributed by atoms with van der Waals surface area (Å²) in [5, 5.41) is 47.5. The Morgan fingerprint density at radius 1 is 0.581 bits per heavy atom. The van der Waals surface area contributed by atoms with Crippen LogP contribution in [0.3, 0.4) is 0 Å². The van der Waals surface area contributed by atoms with Crippen molar-refractivity contribution in [1.82, 2.24) is 9.97 Å². The number of phenolic OH excluding ortho intramolecular Hbond substituents is 2. The number of carbonyl (C=O) groups excluding carboxylic acids is 3. The van der Waals surface area contributed by atoms with Crippen LogP contribution in [0.2, 0.25) is 0 Å². The number of hydrogen-bond donors (Lipinski definition) is 2. The minimum absolute atomic E-state index is 0. The van der Waals surface area contributed by atoms with Crippen LogP contribution in [0.4, 0.5) is 0 Å². The first-order valence-electron chi connectivity index (χ1n) is 12.9. The van der Waals surface area contributed by atoms with E-state index in [1.807, 2.05) is 60.7 Å². The van der Waals surface area contributed by atoms with Crippen molar-refractivity contribution in [2.24, 2.45) is 0 Å². The number of pyridine rings is 2. The fourth-order valence-corrected chi connectivity index (χ4v) is 3.48. The second-order valence-corrected chi connectivity index (χ2v) is 8.70. The standard InChI is InChI=1S/C26H24N2O2.3C2H4O2.Mn/c1-3-17-11-13-19(25(29)15-17)21-7-5-9-23(27-21)24-10-6-8-22(28-24)20-14-12-18(4-2)16-26(20)30;3*1-2(3)4;/h5-16,29-30H,3-4H2,1-2H3;3*1H3,(H,3,4);/q;;;;+3/p-3. The average molecular weight is 629 g/mol. The summed E-state index contributed by atoms with van der Waals surface area (Å²) in [7, 11) is 0.